The summed E-state index contributed by atoms with van der Waals surface area (Å²) in [6.45, 7) is -0.201. The highest BCUT2D eigenvalue weighted by atomic mass is 16.6. The van der Waals surface area contributed by atoms with E-state index in [1.165, 1.54) is 18.2 Å². The van der Waals surface area contributed by atoms with E-state index in [0.29, 0.717) is 16.5 Å². The normalized spacial score (nSPS) is 10.9. The zero-order valence-corrected chi connectivity index (χ0v) is 15.0. The Morgan fingerprint density at radius 2 is 1.90 bits per heavy atom. The van der Waals surface area contributed by atoms with E-state index in [0.717, 1.165) is 16.8 Å². The molecule has 4 rings (SSSR count). The zero-order valence-electron chi connectivity index (χ0n) is 15.0. The Bertz CT molecular complexity index is 1340. The highest BCUT2D eigenvalue weighted by Crippen LogP contribution is 2.28. The second kappa shape index (κ2) is 7.08. The molecule has 0 unspecified atom stereocenters. The molecule has 1 aromatic heterocycles. The smallest absolute Gasteiger partial charge is 0.338 e. The molecule has 8 nitrogen and oxygen atoms in total. The summed E-state index contributed by atoms with van der Waals surface area (Å²) in [6, 6.07) is 16.0. The van der Waals surface area contributed by atoms with Gasteiger partial charge in [0.15, 0.2) is 0 Å². The molecule has 2 N–H and O–H groups in total. The van der Waals surface area contributed by atoms with Crippen LogP contribution in [0.2, 0.25) is 0 Å². The molecular formula is C21H14N2O6. The van der Waals surface area contributed by atoms with Crippen LogP contribution in [-0.2, 0) is 11.3 Å². The van der Waals surface area contributed by atoms with Crippen LogP contribution in [0.25, 0.3) is 21.7 Å². The van der Waals surface area contributed by atoms with Crippen LogP contribution in [-0.4, -0.2) is 10.9 Å². The van der Waals surface area contributed by atoms with Crippen LogP contribution >= 0.6 is 0 Å². The molecule has 0 amide bonds. The van der Waals surface area contributed by atoms with Gasteiger partial charge >= 0.3 is 11.6 Å². The molecule has 1 heterocycles. The van der Waals surface area contributed by atoms with E-state index in [-0.39, 0.29) is 23.5 Å². The molecule has 3 aromatic carbocycles. The number of nitro benzene ring substituents is 1. The third-order valence-corrected chi connectivity index (χ3v) is 4.54. The minimum absolute atomic E-state index is 0.0111. The first-order chi connectivity index (χ1) is 13.9. The Hall–Kier alpha value is -4.20. The van der Waals surface area contributed by atoms with E-state index in [1.54, 1.807) is 6.07 Å². The summed E-state index contributed by atoms with van der Waals surface area (Å²) in [5.74, 6) is -0.769. The number of fused-ring (bicyclic) bond motifs is 3. The van der Waals surface area contributed by atoms with Gasteiger partial charge in [0.1, 0.15) is 17.9 Å². The molecule has 0 aliphatic carbocycles. The molecule has 0 saturated heterocycles. The highest BCUT2D eigenvalue weighted by Gasteiger charge is 2.18. The maximum absolute atomic E-state index is 12.4. The summed E-state index contributed by atoms with van der Waals surface area (Å²) in [7, 11) is 0. The minimum Gasteiger partial charge on any atom is -0.457 e. The third-order valence-electron chi connectivity index (χ3n) is 4.54. The number of anilines is 1. The SMILES string of the molecule is Nc1ccc(C(=O)OCc2cc(=O)oc3ccc4ccccc4c23)cc1[N+](=O)[O-]. The molecule has 0 saturated carbocycles. The Balaban J connectivity index is 1.71. The number of carbonyl (C=O) groups is 1. The molecule has 144 valence electrons. The van der Waals surface area contributed by atoms with Crippen LogP contribution in [0.4, 0.5) is 11.4 Å². The maximum atomic E-state index is 12.4. The number of hydrogen-bond donors (Lipinski definition) is 1. The van der Waals surface area contributed by atoms with Gasteiger partial charge in [0.2, 0.25) is 0 Å². The lowest BCUT2D eigenvalue weighted by molar-refractivity contribution is -0.383. The predicted octanol–water partition coefficient (Wildman–Crippen LogP) is 3.79. The van der Waals surface area contributed by atoms with Crippen molar-refractivity contribution >= 4 is 39.1 Å². The van der Waals surface area contributed by atoms with Crippen molar-refractivity contribution < 1.29 is 18.9 Å². The second-order valence-corrected chi connectivity index (χ2v) is 6.36. The van der Waals surface area contributed by atoms with E-state index in [1.807, 2.05) is 30.3 Å². The van der Waals surface area contributed by atoms with E-state index >= 15 is 0 Å². The molecule has 0 aliphatic rings. The summed E-state index contributed by atoms with van der Waals surface area (Å²) >= 11 is 0. The number of nitrogen functional groups attached to an aromatic ring is 1. The van der Waals surface area contributed by atoms with Crippen molar-refractivity contribution in [2.24, 2.45) is 0 Å². The fourth-order valence-corrected chi connectivity index (χ4v) is 3.19. The number of esters is 1. The molecule has 0 spiro atoms. The van der Waals surface area contributed by atoms with Crippen molar-refractivity contribution in [3.63, 3.8) is 0 Å². The molecule has 0 fully saturated rings. The van der Waals surface area contributed by atoms with Crippen molar-refractivity contribution in [1.82, 2.24) is 0 Å². The summed E-state index contributed by atoms with van der Waals surface area (Å²) in [4.78, 5) is 34.7. The van der Waals surface area contributed by atoms with Crippen LogP contribution in [0.1, 0.15) is 15.9 Å². The molecule has 0 bridgehead atoms. The fraction of sp³-hybridized carbons (Fsp3) is 0.0476. The van der Waals surface area contributed by atoms with Gasteiger partial charge in [-0.3, -0.25) is 10.1 Å². The Kier molecular flexibility index (Phi) is 4.44. The predicted molar refractivity (Wildman–Crippen MR) is 107 cm³/mol. The van der Waals surface area contributed by atoms with Gasteiger partial charge in [-0.25, -0.2) is 9.59 Å². The lowest BCUT2D eigenvalue weighted by Gasteiger charge is -2.10. The van der Waals surface area contributed by atoms with Crippen LogP contribution in [0.5, 0.6) is 0 Å². The van der Waals surface area contributed by atoms with Gasteiger partial charge in [-0.1, -0.05) is 30.3 Å². The first-order valence-electron chi connectivity index (χ1n) is 8.59. The van der Waals surface area contributed by atoms with Gasteiger partial charge in [0.05, 0.1) is 10.5 Å². The van der Waals surface area contributed by atoms with E-state index in [2.05, 4.69) is 0 Å². The molecule has 0 atom stereocenters. The van der Waals surface area contributed by atoms with Gasteiger partial charge in [-0.2, -0.15) is 0 Å². The Morgan fingerprint density at radius 3 is 2.69 bits per heavy atom. The Labute approximate surface area is 163 Å². The molecular weight excluding hydrogens is 376 g/mol. The zero-order chi connectivity index (χ0) is 20.5. The van der Waals surface area contributed by atoms with Gasteiger partial charge in [0, 0.05) is 23.1 Å². The molecule has 4 aromatic rings. The van der Waals surface area contributed by atoms with Crippen molar-refractivity contribution in [3.05, 3.63) is 92.3 Å². The average Bonchev–Trinajstić information content (AvgIpc) is 2.71. The summed E-state index contributed by atoms with van der Waals surface area (Å²) in [5.41, 5.74) is 5.40. The summed E-state index contributed by atoms with van der Waals surface area (Å²) in [6.07, 6.45) is 0. The number of nitrogens with zero attached hydrogens (tertiary/aromatic N) is 1. The number of rotatable bonds is 4. The third kappa shape index (κ3) is 3.39. The molecule has 29 heavy (non-hydrogen) atoms. The lowest BCUT2D eigenvalue weighted by Crippen LogP contribution is -2.09. The second-order valence-electron chi connectivity index (χ2n) is 6.36. The molecule has 0 aliphatic heterocycles. The number of nitrogens with two attached hydrogens (primary N) is 1. The number of carbonyl (C=O) groups excluding carboxylic acids is 1. The van der Waals surface area contributed by atoms with Crippen molar-refractivity contribution in [2.75, 3.05) is 5.73 Å². The number of nitro groups is 1. The Morgan fingerprint density at radius 1 is 1.10 bits per heavy atom. The number of hydrogen-bond acceptors (Lipinski definition) is 7. The first-order valence-corrected chi connectivity index (χ1v) is 8.59. The monoisotopic (exact) mass is 390 g/mol. The van der Waals surface area contributed by atoms with Crippen LogP contribution < -0.4 is 11.4 Å². The van der Waals surface area contributed by atoms with Crippen molar-refractivity contribution in [2.45, 2.75) is 6.61 Å². The van der Waals surface area contributed by atoms with E-state index in [9.17, 15) is 19.7 Å². The van der Waals surface area contributed by atoms with Gasteiger partial charge in [-0.15, -0.1) is 0 Å². The molecule has 8 heteroatoms. The fourth-order valence-electron chi connectivity index (χ4n) is 3.19. The molecule has 0 radical (unpaired) electrons. The topological polar surface area (TPSA) is 126 Å². The van der Waals surface area contributed by atoms with Crippen molar-refractivity contribution in [1.29, 1.82) is 0 Å². The lowest BCUT2D eigenvalue weighted by atomic mass is 10.0. The van der Waals surface area contributed by atoms with Crippen LogP contribution in [0.15, 0.2) is 69.9 Å². The maximum Gasteiger partial charge on any atom is 0.338 e. The number of benzene rings is 3. The van der Waals surface area contributed by atoms with E-state index < -0.39 is 16.5 Å². The average molecular weight is 390 g/mol. The quantitative estimate of drug-likeness (QED) is 0.140. The van der Waals surface area contributed by atoms with E-state index in [4.69, 9.17) is 14.9 Å². The number of ether oxygens (including phenoxy) is 1. The van der Waals surface area contributed by atoms with Crippen LogP contribution in [0, 0.1) is 10.1 Å². The first kappa shape index (κ1) is 18.2. The van der Waals surface area contributed by atoms with Gasteiger partial charge in [-0.05, 0) is 29.0 Å². The highest BCUT2D eigenvalue weighted by molar-refractivity contribution is 6.07. The standard InChI is InChI=1S/C21H14N2O6/c22-16-7-5-13(9-17(16)23(26)27)21(25)28-11-14-10-19(24)29-18-8-6-12-3-1-2-4-15(12)20(14)18/h1-10H,11,22H2. The van der Waals surface area contributed by atoms with Gasteiger partial charge in [0.25, 0.3) is 5.69 Å². The van der Waals surface area contributed by atoms with Crippen molar-refractivity contribution in [3.8, 4) is 0 Å². The van der Waals surface area contributed by atoms with Crippen LogP contribution in [0.3, 0.4) is 0 Å². The summed E-state index contributed by atoms with van der Waals surface area (Å²) < 4.78 is 10.6. The summed E-state index contributed by atoms with van der Waals surface area (Å²) in [5, 5.41) is 13.5. The minimum atomic E-state index is -0.769. The largest absolute Gasteiger partial charge is 0.457 e. The van der Waals surface area contributed by atoms with Gasteiger partial charge < -0.3 is 14.9 Å².